The maximum Gasteiger partial charge on any atom is 0.185 e. The topological polar surface area (TPSA) is 68.7 Å². The van der Waals surface area contributed by atoms with Crippen LogP contribution in [-0.4, -0.2) is 46.0 Å². The van der Waals surface area contributed by atoms with Crippen LogP contribution in [0.2, 0.25) is 0 Å². The highest BCUT2D eigenvalue weighted by atomic mass is 32.2. The van der Waals surface area contributed by atoms with Gasteiger partial charge in [-0.25, -0.2) is 13.4 Å². The van der Waals surface area contributed by atoms with E-state index in [4.69, 9.17) is 14.5 Å². The maximum absolute atomic E-state index is 13.3. The number of sulfone groups is 1. The van der Waals surface area contributed by atoms with Crippen molar-refractivity contribution in [3.8, 4) is 11.5 Å². The van der Waals surface area contributed by atoms with Gasteiger partial charge in [-0.05, 0) is 43.0 Å². The minimum Gasteiger partial charge on any atom is -0.497 e. The maximum atomic E-state index is 13.3. The molecule has 2 aromatic carbocycles. The summed E-state index contributed by atoms with van der Waals surface area (Å²) in [5.41, 5.74) is 3.60. The van der Waals surface area contributed by atoms with Crippen LogP contribution < -0.4 is 14.4 Å². The van der Waals surface area contributed by atoms with Crippen LogP contribution in [0.3, 0.4) is 0 Å². The molecule has 0 aliphatic carbocycles. The predicted octanol–water partition coefficient (Wildman–Crippen LogP) is 4.50. The molecule has 0 saturated carbocycles. The second kappa shape index (κ2) is 9.50. The molecule has 0 spiro atoms. The number of rotatable bonds is 7. The van der Waals surface area contributed by atoms with Crippen molar-refractivity contribution in [2.75, 3.05) is 32.2 Å². The van der Waals surface area contributed by atoms with Crippen molar-refractivity contribution in [2.45, 2.75) is 36.3 Å². The molecule has 1 fully saturated rings. The number of ether oxygens (including phenoxy) is 2. The smallest absolute Gasteiger partial charge is 0.185 e. The van der Waals surface area contributed by atoms with E-state index in [2.05, 4.69) is 35.4 Å². The van der Waals surface area contributed by atoms with Gasteiger partial charge in [0.15, 0.2) is 15.0 Å². The number of thiazole rings is 1. The van der Waals surface area contributed by atoms with E-state index in [9.17, 15) is 8.42 Å². The van der Waals surface area contributed by atoms with Crippen LogP contribution in [0.5, 0.6) is 11.5 Å². The highest BCUT2D eigenvalue weighted by molar-refractivity contribution is 7.92. The van der Waals surface area contributed by atoms with Gasteiger partial charge in [0.2, 0.25) is 0 Å². The molecule has 1 saturated heterocycles. The molecule has 0 radical (unpaired) electrons. The highest BCUT2D eigenvalue weighted by Crippen LogP contribution is 2.35. The molecule has 2 heterocycles. The van der Waals surface area contributed by atoms with Crippen LogP contribution >= 0.6 is 11.3 Å². The summed E-state index contributed by atoms with van der Waals surface area (Å²) in [6, 6.07) is 13.2. The van der Waals surface area contributed by atoms with Crippen LogP contribution in [-0.2, 0) is 16.3 Å². The van der Waals surface area contributed by atoms with Gasteiger partial charge in [-0.2, -0.15) is 0 Å². The predicted molar refractivity (Wildman–Crippen MR) is 128 cm³/mol. The van der Waals surface area contributed by atoms with Crippen molar-refractivity contribution in [1.29, 1.82) is 0 Å². The highest BCUT2D eigenvalue weighted by Gasteiger charge is 2.34. The number of nitrogens with zero attached hydrogens (tertiary/aromatic N) is 2. The summed E-state index contributed by atoms with van der Waals surface area (Å²) < 4.78 is 37.1. The Hall–Kier alpha value is -2.58. The summed E-state index contributed by atoms with van der Waals surface area (Å²) in [5.74, 6) is 0.897. The first-order valence-electron chi connectivity index (χ1n) is 10.6. The van der Waals surface area contributed by atoms with E-state index in [1.165, 1.54) is 18.2 Å². The summed E-state index contributed by atoms with van der Waals surface area (Å²) in [6.45, 7) is 3.45. The number of anilines is 1. The van der Waals surface area contributed by atoms with Crippen LogP contribution in [0.25, 0.3) is 0 Å². The number of hydrogen-bond donors (Lipinski definition) is 0. The fraction of sp³-hybridized carbons (Fsp3) is 0.375. The van der Waals surface area contributed by atoms with Gasteiger partial charge < -0.3 is 14.4 Å². The quantitative estimate of drug-likeness (QED) is 0.504. The van der Waals surface area contributed by atoms with Crippen LogP contribution in [0.15, 0.2) is 52.7 Å². The summed E-state index contributed by atoms with van der Waals surface area (Å²) in [7, 11) is -0.475. The molecule has 6 nitrogen and oxygen atoms in total. The third-order valence-electron chi connectivity index (χ3n) is 6.00. The van der Waals surface area contributed by atoms with Crippen molar-refractivity contribution < 1.29 is 17.9 Å². The van der Waals surface area contributed by atoms with Crippen molar-refractivity contribution in [1.82, 2.24) is 4.98 Å². The molecule has 32 heavy (non-hydrogen) atoms. The van der Waals surface area contributed by atoms with Gasteiger partial charge in [-0.3, -0.25) is 0 Å². The SMILES string of the molecule is COc1ccc(S(=O)(=O)C2CCN(c3nc(Cc4ccccc4C)cs3)CC2)c(OC)c1. The van der Waals surface area contributed by atoms with Crippen molar-refractivity contribution >= 4 is 26.3 Å². The van der Waals surface area contributed by atoms with E-state index in [0.29, 0.717) is 37.4 Å². The molecular weight excluding hydrogens is 444 g/mol. The molecule has 0 bridgehead atoms. The molecule has 1 aliphatic heterocycles. The molecule has 0 amide bonds. The number of aromatic nitrogens is 1. The van der Waals surface area contributed by atoms with Gasteiger partial charge >= 0.3 is 0 Å². The molecular formula is C24H28N2O4S2. The largest absolute Gasteiger partial charge is 0.497 e. The van der Waals surface area contributed by atoms with Gasteiger partial charge in [-0.15, -0.1) is 11.3 Å². The zero-order valence-electron chi connectivity index (χ0n) is 18.6. The Labute approximate surface area is 193 Å². The normalized spacial score (nSPS) is 15.0. The lowest BCUT2D eigenvalue weighted by Crippen LogP contribution is -2.39. The molecule has 3 aromatic rings. The first-order chi connectivity index (χ1) is 15.4. The van der Waals surface area contributed by atoms with E-state index in [1.54, 1.807) is 36.6 Å². The molecule has 170 valence electrons. The monoisotopic (exact) mass is 472 g/mol. The number of methoxy groups -OCH3 is 2. The van der Waals surface area contributed by atoms with Gasteiger partial charge in [0.05, 0.1) is 25.2 Å². The Morgan fingerprint density at radius 3 is 2.53 bits per heavy atom. The number of aryl methyl sites for hydroxylation is 1. The average Bonchev–Trinajstić information content (AvgIpc) is 3.28. The standard InChI is InChI=1S/C24H28N2O4S2/c1-17-6-4-5-7-18(17)14-19-16-31-24(25-19)26-12-10-21(11-13-26)32(27,28)23-9-8-20(29-2)15-22(23)30-3/h4-9,15-16,21H,10-14H2,1-3H3. The number of hydrogen-bond acceptors (Lipinski definition) is 7. The Kier molecular flexibility index (Phi) is 6.71. The van der Waals surface area contributed by atoms with Crippen LogP contribution in [0.1, 0.15) is 29.7 Å². The van der Waals surface area contributed by atoms with E-state index in [0.717, 1.165) is 17.2 Å². The molecule has 1 aliphatic rings. The zero-order chi connectivity index (χ0) is 22.7. The molecule has 1 aromatic heterocycles. The van der Waals surface area contributed by atoms with Gasteiger partial charge in [0.1, 0.15) is 16.4 Å². The summed E-state index contributed by atoms with van der Waals surface area (Å²) in [5, 5.41) is 2.63. The number of benzene rings is 2. The molecule has 0 unspecified atom stereocenters. The fourth-order valence-electron chi connectivity index (χ4n) is 4.07. The molecule has 8 heteroatoms. The Balaban J connectivity index is 1.43. The Morgan fingerprint density at radius 2 is 1.84 bits per heavy atom. The van der Waals surface area contributed by atoms with E-state index < -0.39 is 15.1 Å². The van der Waals surface area contributed by atoms with Crippen molar-refractivity contribution in [2.24, 2.45) is 0 Å². The Morgan fingerprint density at radius 1 is 1.09 bits per heavy atom. The van der Waals surface area contributed by atoms with Crippen LogP contribution in [0, 0.1) is 6.92 Å². The third kappa shape index (κ3) is 4.61. The van der Waals surface area contributed by atoms with Crippen molar-refractivity contribution in [3.05, 3.63) is 64.7 Å². The van der Waals surface area contributed by atoms with E-state index >= 15 is 0 Å². The second-order valence-corrected chi connectivity index (χ2v) is 11.0. The zero-order valence-corrected chi connectivity index (χ0v) is 20.2. The first kappa shape index (κ1) is 22.6. The second-order valence-electron chi connectivity index (χ2n) is 7.97. The van der Waals surface area contributed by atoms with E-state index in [1.807, 2.05) is 6.07 Å². The van der Waals surface area contributed by atoms with Crippen LogP contribution in [0.4, 0.5) is 5.13 Å². The van der Waals surface area contributed by atoms with Gasteiger partial charge in [0, 0.05) is 31.0 Å². The summed E-state index contributed by atoms with van der Waals surface area (Å²) in [4.78, 5) is 7.25. The molecule has 0 N–H and O–H groups in total. The van der Waals surface area contributed by atoms with E-state index in [-0.39, 0.29) is 4.90 Å². The minimum atomic E-state index is -3.50. The first-order valence-corrected chi connectivity index (χ1v) is 13.0. The average molecular weight is 473 g/mol. The van der Waals surface area contributed by atoms with Crippen molar-refractivity contribution in [3.63, 3.8) is 0 Å². The lowest BCUT2D eigenvalue weighted by atomic mass is 10.1. The lowest BCUT2D eigenvalue weighted by molar-refractivity contribution is 0.385. The molecule has 4 rings (SSSR count). The lowest BCUT2D eigenvalue weighted by Gasteiger charge is -2.31. The summed E-state index contributed by atoms with van der Waals surface area (Å²) >= 11 is 1.63. The Bertz CT molecular complexity index is 1180. The number of piperidine rings is 1. The van der Waals surface area contributed by atoms with Gasteiger partial charge in [0.25, 0.3) is 0 Å². The van der Waals surface area contributed by atoms with Gasteiger partial charge in [-0.1, -0.05) is 24.3 Å². The molecule has 0 atom stereocenters. The minimum absolute atomic E-state index is 0.231. The fourth-order valence-corrected chi connectivity index (χ4v) is 6.82. The summed E-state index contributed by atoms with van der Waals surface area (Å²) in [6.07, 6.45) is 1.93. The third-order valence-corrected chi connectivity index (χ3v) is 9.25.